The Morgan fingerprint density at radius 1 is 1.50 bits per heavy atom. The van der Waals surface area contributed by atoms with Crippen LogP contribution in [-0.2, 0) is 10.2 Å². The zero-order valence-electron chi connectivity index (χ0n) is 10.2. The Morgan fingerprint density at radius 2 is 2.17 bits per heavy atom. The fourth-order valence-corrected chi connectivity index (χ4v) is 3.08. The molecule has 0 aromatic heterocycles. The summed E-state index contributed by atoms with van der Waals surface area (Å²) in [6.45, 7) is 0.199. The van der Waals surface area contributed by atoms with Crippen LogP contribution >= 0.6 is 0 Å². The van der Waals surface area contributed by atoms with Crippen LogP contribution in [0.4, 0.5) is 5.69 Å². The average molecular weight is 266 g/mol. The summed E-state index contributed by atoms with van der Waals surface area (Å²) in [6, 6.07) is 6.55. The first kappa shape index (κ1) is 12.8. The number of hydrogen-bond acceptors (Lipinski definition) is 4. The molecule has 0 amide bonds. The molecular weight excluding hydrogens is 252 g/mol. The maximum atomic E-state index is 12.2. The van der Waals surface area contributed by atoms with Crippen molar-refractivity contribution in [1.29, 1.82) is 5.26 Å². The van der Waals surface area contributed by atoms with Gasteiger partial charge in [-0.05, 0) is 17.7 Å². The highest BCUT2D eigenvalue weighted by molar-refractivity contribution is 7.90. The Bertz CT molecular complexity index is 618. The van der Waals surface area contributed by atoms with Crippen molar-refractivity contribution in [3.63, 3.8) is 0 Å². The summed E-state index contributed by atoms with van der Waals surface area (Å²) in [6.07, 6.45) is 0. The molecule has 1 aliphatic rings. The minimum absolute atomic E-state index is 0.199. The molecule has 1 atom stereocenters. The molecule has 0 saturated carbocycles. The van der Waals surface area contributed by atoms with Crippen molar-refractivity contribution < 1.29 is 8.42 Å². The van der Waals surface area contributed by atoms with Gasteiger partial charge in [0.15, 0.2) is 0 Å². The monoisotopic (exact) mass is 266 g/mol. The fourth-order valence-electron chi connectivity index (χ4n) is 1.93. The molecule has 1 heterocycles. The van der Waals surface area contributed by atoms with Gasteiger partial charge in [0.25, 0.3) is 0 Å². The summed E-state index contributed by atoms with van der Waals surface area (Å²) in [7, 11) is -0.640. The van der Waals surface area contributed by atoms with Crippen molar-refractivity contribution in [2.75, 3.05) is 24.9 Å². The van der Waals surface area contributed by atoms with Crippen molar-refractivity contribution in [2.24, 2.45) is 5.73 Å². The van der Waals surface area contributed by atoms with Crippen LogP contribution in [0.25, 0.3) is 0 Å². The van der Waals surface area contributed by atoms with Gasteiger partial charge in [0.1, 0.15) is 0 Å². The summed E-state index contributed by atoms with van der Waals surface area (Å²) < 4.78 is 26.7. The van der Waals surface area contributed by atoms with Gasteiger partial charge in [-0.25, -0.2) is 0 Å². The lowest BCUT2D eigenvalue weighted by atomic mass is 10.1. The molecule has 0 spiro atoms. The number of hydrogen-bond donors (Lipinski definition) is 1. The van der Waals surface area contributed by atoms with E-state index in [1.165, 1.54) is 18.4 Å². The van der Waals surface area contributed by atoms with E-state index in [9.17, 15) is 8.42 Å². The SMILES string of the molecule is CN(C)S(=O)(=O)N1CC(N)c2ccc(C#N)cc21. The van der Waals surface area contributed by atoms with Crippen LogP contribution in [0.3, 0.4) is 0 Å². The molecule has 1 aromatic rings. The van der Waals surface area contributed by atoms with E-state index in [0.717, 1.165) is 9.87 Å². The number of nitrogens with two attached hydrogens (primary N) is 1. The summed E-state index contributed by atoms with van der Waals surface area (Å²) in [5.74, 6) is 0. The molecule has 0 bridgehead atoms. The second-order valence-corrected chi connectivity index (χ2v) is 6.38. The lowest BCUT2D eigenvalue weighted by Gasteiger charge is -2.23. The van der Waals surface area contributed by atoms with E-state index in [1.807, 2.05) is 6.07 Å². The molecule has 96 valence electrons. The predicted molar refractivity (Wildman–Crippen MR) is 68.0 cm³/mol. The Labute approximate surface area is 106 Å². The van der Waals surface area contributed by atoms with Gasteiger partial charge < -0.3 is 5.73 Å². The molecular formula is C11H14N4O2S. The molecule has 0 aliphatic carbocycles. The predicted octanol–water partition coefficient (Wildman–Crippen LogP) is 0.184. The quantitative estimate of drug-likeness (QED) is 0.827. The highest BCUT2D eigenvalue weighted by atomic mass is 32.2. The maximum Gasteiger partial charge on any atom is 0.303 e. The normalized spacial score (nSPS) is 18.8. The van der Waals surface area contributed by atoms with Crippen LogP contribution in [0.5, 0.6) is 0 Å². The Kier molecular flexibility index (Phi) is 3.02. The molecule has 0 saturated heterocycles. The number of rotatable bonds is 2. The Morgan fingerprint density at radius 3 is 2.72 bits per heavy atom. The summed E-state index contributed by atoms with van der Waals surface area (Å²) >= 11 is 0. The lowest BCUT2D eigenvalue weighted by Crippen LogP contribution is -2.40. The minimum atomic E-state index is -3.57. The number of benzene rings is 1. The zero-order valence-corrected chi connectivity index (χ0v) is 11.0. The molecule has 6 nitrogen and oxygen atoms in total. The summed E-state index contributed by atoms with van der Waals surface area (Å²) in [5, 5.41) is 8.87. The number of anilines is 1. The Hall–Kier alpha value is -1.62. The molecule has 2 rings (SSSR count). The molecule has 2 N–H and O–H groups in total. The third-order valence-electron chi connectivity index (χ3n) is 2.93. The number of nitrogens with zero attached hydrogens (tertiary/aromatic N) is 3. The van der Waals surface area contributed by atoms with E-state index in [2.05, 4.69) is 0 Å². The van der Waals surface area contributed by atoms with Crippen LogP contribution < -0.4 is 10.0 Å². The zero-order chi connectivity index (χ0) is 13.5. The van der Waals surface area contributed by atoms with Gasteiger partial charge >= 0.3 is 10.2 Å². The molecule has 1 aliphatic heterocycles. The van der Waals surface area contributed by atoms with Crippen molar-refractivity contribution in [3.8, 4) is 6.07 Å². The van der Waals surface area contributed by atoms with Gasteiger partial charge in [-0.15, -0.1) is 0 Å². The second-order valence-electron chi connectivity index (χ2n) is 4.31. The van der Waals surface area contributed by atoms with Crippen LogP contribution in [0.2, 0.25) is 0 Å². The minimum Gasteiger partial charge on any atom is -0.322 e. The summed E-state index contributed by atoms with van der Waals surface area (Å²) in [5.41, 5.74) is 7.58. The molecule has 1 aromatic carbocycles. The third-order valence-corrected chi connectivity index (χ3v) is 4.76. The Balaban J connectivity index is 2.57. The molecule has 0 fully saturated rings. The van der Waals surface area contributed by atoms with Gasteiger partial charge in [0.05, 0.1) is 29.9 Å². The molecule has 7 heteroatoms. The number of fused-ring (bicyclic) bond motifs is 1. The van der Waals surface area contributed by atoms with E-state index in [4.69, 9.17) is 11.0 Å². The van der Waals surface area contributed by atoms with Crippen molar-refractivity contribution in [2.45, 2.75) is 6.04 Å². The van der Waals surface area contributed by atoms with Gasteiger partial charge in [-0.2, -0.15) is 18.0 Å². The topological polar surface area (TPSA) is 90.4 Å². The van der Waals surface area contributed by atoms with E-state index in [-0.39, 0.29) is 12.6 Å². The van der Waals surface area contributed by atoms with Crippen LogP contribution in [-0.4, -0.2) is 33.4 Å². The number of nitriles is 1. The van der Waals surface area contributed by atoms with Crippen LogP contribution in [0.15, 0.2) is 18.2 Å². The van der Waals surface area contributed by atoms with E-state index in [0.29, 0.717) is 11.3 Å². The van der Waals surface area contributed by atoms with Crippen molar-refractivity contribution in [3.05, 3.63) is 29.3 Å². The summed E-state index contributed by atoms with van der Waals surface area (Å²) in [4.78, 5) is 0. The van der Waals surface area contributed by atoms with Gasteiger partial charge in [-0.3, -0.25) is 4.31 Å². The molecule has 1 unspecified atom stereocenters. The van der Waals surface area contributed by atoms with E-state index < -0.39 is 10.2 Å². The third kappa shape index (κ3) is 1.84. The highest BCUT2D eigenvalue weighted by Gasteiger charge is 2.35. The molecule has 18 heavy (non-hydrogen) atoms. The maximum absolute atomic E-state index is 12.2. The van der Waals surface area contributed by atoms with E-state index in [1.54, 1.807) is 18.2 Å². The van der Waals surface area contributed by atoms with Crippen LogP contribution in [0, 0.1) is 11.3 Å². The first-order valence-electron chi connectivity index (χ1n) is 5.37. The van der Waals surface area contributed by atoms with Crippen molar-refractivity contribution in [1.82, 2.24) is 4.31 Å². The van der Waals surface area contributed by atoms with Gasteiger partial charge in [0, 0.05) is 14.1 Å². The second kappa shape index (κ2) is 4.24. The first-order valence-corrected chi connectivity index (χ1v) is 6.77. The average Bonchev–Trinajstić information content (AvgIpc) is 2.66. The lowest BCUT2D eigenvalue weighted by molar-refractivity contribution is 0.515. The van der Waals surface area contributed by atoms with Crippen molar-refractivity contribution >= 4 is 15.9 Å². The first-order chi connectivity index (χ1) is 8.37. The largest absolute Gasteiger partial charge is 0.322 e. The van der Waals surface area contributed by atoms with Crippen LogP contribution in [0.1, 0.15) is 17.2 Å². The smallest absolute Gasteiger partial charge is 0.303 e. The fraction of sp³-hybridized carbons (Fsp3) is 0.364. The molecule has 0 radical (unpaired) electrons. The highest BCUT2D eigenvalue weighted by Crippen LogP contribution is 2.36. The van der Waals surface area contributed by atoms with E-state index >= 15 is 0 Å². The van der Waals surface area contributed by atoms with Gasteiger partial charge in [-0.1, -0.05) is 6.07 Å². The van der Waals surface area contributed by atoms with Gasteiger partial charge in [0.2, 0.25) is 0 Å². The standard InChI is InChI=1S/C11H14N4O2S/c1-14(2)18(16,17)15-7-10(13)9-4-3-8(6-12)5-11(9)15/h3-5,10H,7,13H2,1-2H3.